The number of rotatable bonds is 2. The van der Waals surface area contributed by atoms with Crippen LogP contribution in [0.4, 0.5) is 0 Å². The lowest BCUT2D eigenvalue weighted by atomic mass is 10.1. The fourth-order valence-corrected chi connectivity index (χ4v) is 2.10. The van der Waals surface area contributed by atoms with Crippen LogP contribution < -0.4 is 0 Å². The van der Waals surface area contributed by atoms with Crippen LogP contribution in [0.2, 0.25) is 0 Å². The molecule has 2 aliphatic heterocycles. The molecule has 2 N–H and O–H groups in total. The summed E-state index contributed by atoms with van der Waals surface area (Å²) in [5, 5.41) is 19.3. The minimum Gasteiger partial charge on any atom is -0.389 e. The van der Waals surface area contributed by atoms with Gasteiger partial charge in [-0.1, -0.05) is 0 Å². The van der Waals surface area contributed by atoms with Crippen molar-refractivity contribution in [1.29, 1.82) is 0 Å². The van der Waals surface area contributed by atoms with Crippen molar-refractivity contribution in [3.63, 3.8) is 0 Å². The van der Waals surface area contributed by atoms with E-state index in [1.54, 1.807) is 13.8 Å². The predicted octanol–water partition coefficient (Wildman–Crippen LogP) is -0.177. The number of ether oxygens (including phenoxy) is 3. The maximum atomic E-state index is 9.84. The minimum atomic E-state index is -0.914. The van der Waals surface area contributed by atoms with Crippen molar-refractivity contribution in [2.45, 2.75) is 50.3 Å². The Kier molecular flexibility index (Phi) is 2.96. The molecule has 15 heavy (non-hydrogen) atoms. The number of fused-ring (bicyclic) bond motifs is 1. The number of hydrogen-bond acceptors (Lipinski definition) is 5. The average molecular weight is 239 g/mol. The molecule has 0 bridgehead atoms. The van der Waals surface area contributed by atoms with Gasteiger partial charge in [0.25, 0.3) is 0 Å². The van der Waals surface area contributed by atoms with Crippen molar-refractivity contribution in [2.24, 2.45) is 0 Å². The molecule has 2 heterocycles. The monoisotopic (exact) mass is 238 g/mol. The van der Waals surface area contributed by atoms with E-state index in [1.807, 2.05) is 0 Å². The third-order valence-electron chi connectivity index (χ3n) is 2.59. The minimum absolute atomic E-state index is 0.00452. The Hall–Kier alpha value is 0.0900. The van der Waals surface area contributed by atoms with E-state index < -0.39 is 36.5 Å². The van der Waals surface area contributed by atoms with Crippen molar-refractivity contribution in [2.75, 3.05) is 5.88 Å². The van der Waals surface area contributed by atoms with Gasteiger partial charge in [-0.2, -0.15) is 0 Å². The molecular weight excluding hydrogens is 224 g/mol. The third-order valence-corrected chi connectivity index (χ3v) is 2.91. The van der Waals surface area contributed by atoms with Crippen LogP contribution in [-0.2, 0) is 14.2 Å². The summed E-state index contributed by atoms with van der Waals surface area (Å²) in [7, 11) is 0. The number of halogens is 1. The van der Waals surface area contributed by atoms with Crippen LogP contribution in [0.3, 0.4) is 0 Å². The summed E-state index contributed by atoms with van der Waals surface area (Å²) in [4.78, 5) is 0. The van der Waals surface area contributed by atoms with E-state index in [-0.39, 0.29) is 5.88 Å². The SMILES string of the molecule is CC1(C)O[C@H]2O[C@H]([C@H](O)CCl)[C@H](O)[C@H]2O1. The van der Waals surface area contributed by atoms with Crippen LogP contribution in [0.5, 0.6) is 0 Å². The van der Waals surface area contributed by atoms with E-state index in [9.17, 15) is 10.2 Å². The van der Waals surface area contributed by atoms with Gasteiger partial charge in [-0.25, -0.2) is 0 Å². The maximum Gasteiger partial charge on any atom is 0.190 e. The molecule has 2 rings (SSSR count). The zero-order chi connectivity index (χ0) is 11.2. The first-order chi connectivity index (χ1) is 6.94. The molecule has 0 aliphatic carbocycles. The lowest BCUT2D eigenvalue weighted by Crippen LogP contribution is -2.41. The molecule has 0 spiro atoms. The van der Waals surface area contributed by atoms with Gasteiger partial charge in [0.1, 0.15) is 18.3 Å². The number of hydrogen-bond donors (Lipinski definition) is 2. The molecule has 6 heteroatoms. The molecule has 0 amide bonds. The van der Waals surface area contributed by atoms with Crippen molar-refractivity contribution in [1.82, 2.24) is 0 Å². The molecule has 0 aromatic heterocycles. The predicted molar refractivity (Wildman–Crippen MR) is 51.4 cm³/mol. The Labute approximate surface area is 92.9 Å². The second-order valence-electron chi connectivity index (χ2n) is 4.28. The highest BCUT2D eigenvalue weighted by Gasteiger charge is 2.55. The summed E-state index contributed by atoms with van der Waals surface area (Å²) in [6.45, 7) is 3.49. The average Bonchev–Trinajstić information content (AvgIpc) is 2.60. The quantitative estimate of drug-likeness (QED) is 0.654. The van der Waals surface area contributed by atoms with Crippen LogP contribution in [0.1, 0.15) is 13.8 Å². The molecule has 5 atom stereocenters. The van der Waals surface area contributed by atoms with Gasteiger partial charge in [0.05, 0.1) is 12.0 Å². The number of aliphatic hydroxyl groups is 2. The van der Waals surface area contributed by atoms with Crippen LogP contribution >= 0.6 is 11.6 Å². The first kappa shape index (κ1) is 11.6. The third kappa shape index (κ3) is 2.00. The highest BCUT2D eigenvalue weighted by Crippen LogP contribution is 2.38. The molecule has 0 aromatic rings. The molecule has 2 aliphatic rings. The van der Waals surface area contributed by atoms with E-state index in [0.717, 1.165) is 0 Å². The smallest absolute Gasteiger partial charge is 0.190 e. The van der Waals surface area contributed by atoms with Gasteiger partial charge in [-0.15, -0.1) is 11.6 Å². The van der Waals surface area contributed by atoms with Gasteiger partial charge in [-0.05, 0) is 13.8 Å². The number of alkyl halides is 1. The second-order valence-corrected chi connectivity index (χ2v) is 4.59. The van der Waals surface area contributed by atoms with Gasteiger partial charge < -0.3 is 24.4 Å². The molecule has 88 valence electrons. The van der Waals surface area contributed by atoms with Gasteiger partial charge in [0.2, 0.25) is 0 Å². The lowest BCUT2D eigenvalue weighted by molar-refractivity contribution is -0.224. The summed E-state index contributed by atoms with van der Waals surface area (Å²) in [5.74, 6) is -0.752. The second kappa shape index (κ2) is 3.84. The van der Waals surface area contributed by atoms with Crippen molar-refractivity contribution in [3.05, 3.63) is 0 Å². The van der Waals surface area contributed by atoms with E-state index in [2.05, 4.69) is 0 Å². The van der Waals surface area contributed by atoms with Gasteiger partial charge in [0, 0.05) is 0 Å². The van der Waals surface area contributed by atoms with Crippen molar-refractivity contribution in [3.8, 4) is 0 Å². The summed E-state index contributed by atoms with van der Waals surface area (Å²) < 4.78 is 16.2. The largest absolute Gasteiger partial charge is 0.389 e. The first-order valence-electron chi connectivity index (χ1n) is 4.88. The highest BCUT2D eigenvalue weighted by molar-refractivity contribution is 6.18. The van der Waals surface area contributed by atoms with E-state index in [1.165, 1.54) is 0 Å². The lowest BCUT2D eigenvalue weighted by Gasteiger charge is -2.24. The Morgan fingerprint density at radius 1 is 1.40 bits per heavy atom. The molecule has 0 saturated carbocycles. The molecule has 0 aromatic carbocycles. The topological polar surface area (TPSA) is 68.2 Å². The zero-order valence-electron chi connectivity index (χ0n) is 8.59. The van der Waals surface area contributed by atoms with Crippen LogP contribution in [0.15, 0.2) is 0 Å². The normalized spacial score (nSPS) is 45.4. The maximum absolute atomic E-state index is 9.84. The molecule has 5 nitrogen and oxygen atoms in total. The van der Waals surface area contributed by atoms with Crippen LogP contribution in [-0.4, -0.2) is 52.6 Å². The summed E-state index contributed by atoms with van der Waals surface area (Å²) in [6.07, 6.45) is -3.75. The Morgan fingerprint density at radius 3 is 2.60 bits per heavy atom. The summed E-state index contributed by atoms with van der Waals surface area (Å²) >= 11 is 5.49. The fourth-order valence-electron chi connectivity index (χ4n) is 1.92. The van der Waals surface area contributed by atoms with Gasteiger partial charge in [0.15, 0.2) is 12.1 Å². The molecule has 2 fully saturated rings. The molecular formula is C9H15ClO5. The summed E-state index contributed by atoms with van der Waals surface area (Å²) in [6, 6.07) is 0. The zero-order valence-corrected chi connectivity index (χ0v) is 9.35. The van der Waals surface area contributed by atoms with Gasteiger partial charge in [-0.3, -0.25) is 0 Å². The first-order valence-corrected chi connectivity index (χ1v) is 5.41. The molecule has 0 radical (unpaired) electrons. The van der Waals surface area contributed by atoms with E-state index in [4.69, 9.17) is 25.8 Å². The summed E-state index contributed by atoms with van der Waals surface area (Å²) in [5.41, 5.74) is 0. The molecule has 0 unspecified atom stereocenters. The van der Waals surface area contributed by atoms with Crippen molar-refractivity contribution < 1.29 is 24.4 Å². The van der Waals surface area contributed by atoms with E-state index >= 15 is 0 Å². The Balaban J connectivity index is 2.05. The Morgan fingerprint density at radius 2 is 2.07 bits per heavy atom. The highest BCUT2D eigenvalue weighted by atomic mass is 35.5. The standard InChI is InChI=1S/C9H15ClO5/c1-9(2)14-7-5(12)6(4(11)3-10)13-8(7)15-9/h4-8,11-12H,3H2,1-2H3/t4-,5+,6-,7-,8-/m1/s1. The van der Waals surface area contributed by atoms with Crippen molar-refractivity contribution >= 4 is 11.6 Å². The molecule has 2 saturated heterocycles. The van der Waals surface area contributed by atoms with Gasteiger partial charge >= 0.3 is 0 Å². The fraction of sp³-hybridized carbons (Fsp3) is 1.00. The van der Waals surface area contributed by atoms with Crippen LogP contribution in [0, 0.1) is 0 Å². The Bertz CT molecular complexity index is 247. The van der Waals surface area contributed by atoms with Crippen LogP contribution in [0.25, 0.3) is 0 Å². The number of aliphatic hydroxyl groups excluding tert-OH is 2. The van der Waals surface area contributed by atoms with E-state index in [0.29, 0.717) is 0 Å².